The van der Waals surface area contributed by atoms with Gasteiger partial charge >= 0.3 is 0 Å². The predicted molar refractivity (Wildman–Crippen MR) is 388 cm³/mol. The highest BCUT2D eigenvalue weighted by atomic mass is 16.5. The topological polar surface area (TPSA) is 15.7 Å². The first kappa shape index (κ1) is 62.0. The lowest BCUT2D eigenvalue weighted by Crippen LogP contribution is -2.52. The van der Waals surface area contributed by atoms with E-state index >= 15 is 0 Å². The van der Waals surface area contributed by atoms with Crippen LogP contribution in [0.1, 0.15) is 263 Å². The van der Waals surface area contributed by atoms with Gasteiger partial charge in [0, 0.05) is 46.3 Å². The van der Waals surface area contributed by atoms with Crippen molar-refractivity contribution in [1.29, 1.82) is 0 Å². The van der Waals surface area contributed by atoms with E-state index in [2.05, 4.69) is 126 Å². The first-order valence-electron chi connectivity index (χ1n) is 40.2. The van der Waals surface area contributed by atoms with Gasteiger partial charge in [-0.2, -0.15) is 0 Å². The quantitative estimate of drug-likeness (QED) is 0.161. The molecule has 0 amide bonds. The molecule has 1 saturated heterocycles. The Balaban J connectivity index is 0.706. The molecule has 0 N–H and O–H groups in total. The van der Waals surface area contributed by atoms with E-state index in [-0.39, 0.29) is 10.8 Å². The van der Waals surface area contributed by atoms with Crippen LogP contribution in [-0.4, -0.2) is 46.2 Å². The Morgan fingerprint density at radius 1 is 0.505 bits per heavy atom. The third kappa shape index (κ3) is 10.9. The number of allylic oxidation sites excluding steroid dienone is 25. The summed E-state index contributed by atoms with van der Waals surface area (Å²) in [5, 5.41) is 0. The second-order valence-electron chi connectivity index (χ2n) is 33.7. The Labute approximate surface area is 564 Å². The Bertz CT molecular complexity index is 3350. The van der Waals surface area contributed by atoms with E-state index in [0.717, 1.165) is 55.3 Å². The number of nitrogens with zero attached hydrogens (tertiary/aromatic N) is 2. The molecular weight excluding hydrogens is 1130 g/mol. The molecule has 4 fully saturated rings. The first-order valence-corrected chi connectivity index (χ1v) is 40.2. The van der Waals surface area contributed by atoms with Crippen LogP contribution in [-0.2, 0) is 4.74 Å². The van der Waals surface area contributed by atoms with Gasteiger partial charge in [-0.25, -0.2) is 0 Å². The van der Waals surface area contributed by atoms with Crippen molar-refractivity contribution in [1.82, 2.24) is 9.80 Å². The Morgan fingerprint density at radius 2 is 1.30 bits per heavy atom. The van der Waals surface area contributed by atoms with Gasteiger partial charge < -0.3 is 14.5 Å². The van der Waals surface area contributed by atoms with Crippen LogP contribution in [0.4, 0.5) is 0 Å². The fraction of sp³-hybridized carbons (Fsp3) is 0.644. The Morgan fingerprint density at radius 3 is 2.05 bits per heavy atom. The molecule has 0 aromatic carbocycles. The second-order valence-corrected chi connectivity index (χ2v) is 33.7. The average molecular weight is 1240 g/mol. The van der Waals surface area contributed by atoms with Gasteiger partial charge in [0.25, 0.3) is 0 Å². The monoisotopic (exact) mass is 1240 g/mol. The smallest absolute Gasteiger partial charge is 0.0616 e. The van der Waals surface area contributed by atoms with Crippen LogP contribution in [0.15, 0.2) is 189 Å². The summed E-state index contributed by atoms with van der Waals surface area (Å²) in [7, 11) is 0. The third-order valence-corrected chi connectivity index (χ3v) is 29.8. The lowest BCUT2D eigenvalue weighted by molar-refractivity contribution is -0.0243. The molecule has 0 aromatic heterocycles. The number of hydrogen-bond acceptors (Lipinski definition) is 3. The van der Waals surface area contributed by atoms with Crippen molar-refractivity contribution in [3.63, 3.8) is 0 Å². The molecule has 0 spiro atoms. The molecule has 93 heavy (non-hydrogen) atoms. The zero-order chi connectivity index (χ0) is 62.0. The maximum atomic E-state index is 7.11. The second kappa shape index (κ2) is 26.7. The molecule has 17 rings (SSSR count). The van der Waals surface area contributed by atoms with Crippen molar-refractivity contribution in [3.05, 3.63) is 189 Å². The van der Waals surface area contributed by atoms with E-state index in [1.807, 2.05) is 39.0 Å². The average Bonchev–Trinajstić information content (AvgIpc) is 1.57. The molecule has 494 valence electrons. The van der Waals surface area contributed by atoms with E-state index in [4.69, 9.17) is 4.74 Å². The summed E-state index contributed by atoms with van der Waals surface area (Å²) >= 11 is 0. The van der Waals surface area contributed by atoms with Crippen molar-refractivity contribution in [2.75, 3.05) is 0 Å². The van der Waals surface area contributed by atoms with E-state index in [1.165, 1.54) is 249 Å². The molecule has 16 aliphatic carbocycles. The fourth-order valence-electron chi connectivity index (χ4n) is 25.9. The van der Waals surface area contributed by atoms with Crippen LogP contribution < -0.4 is 0 Å². The van der Waals surface area contributed by atoms with Gasteiger partial charge in [-0.05, 0) is 314 Å². The number of rotatable bonds is 14. The number of ether oxygens (including phenoxy) is 1. The molecule has 1 aliphatic heterocycles. The molecule has 14 atom stereocenters. The molecule has 3 nitrogen and oxygen atoms in total. The molecule has 3 heteroatoms. The molecule has 17 aliphatic rings. The largest absolute Gasteiger partial charge is 0.374 e. The SMILES string of the molecule is C=CC1=CCC(OC2CC=C(C3(C4CC=CCC4)C4=C(CCCC4)C4CCC(N(C5=CC=C(C6C=CC7C(C6)C6=CCCC=C6N7C6CCC(C7CC=C(C=C)CC7)CC6)CC5)C5CCC6=C(C5)C(C5C=CC=CC5)(C5CCCCC5)C5=C6CCCC5)CC43)CC2)CC1. The van der Waals surface area contributed by atoms with Gasteiger partial charge in [-0.3, -0.25) is 0 Å². The Hall–Kier alpha value is -4.60. The van der Waals surface area contributed by atoms with Crippen molar-refractivity contribution in [2.24, 2.45) is 64.1 Å². The summed E-state index contributed by atoms with van der Waals surface area (Å²) < 4.78 is 7.11. The molecule has 0 radical (unpaired) electrons. The van der Waals surface area contributed by atoms with Crippen molar-refractivity contribution in [3.8, 4) is 0 Å². The van der Waals surface area contributed by atoms with Gasteiger partial charge in [0.1, 0.15) is 0 Å². The molecule has 14 unspecified atom stereocenters. The number of fused-ring (bicyclic) bond motifs is 6. The summed E-state index contributed by atoms with van der Waals surface area (Å²) in [6, 6.07) is 2.38. The summed E-state index contributed by atoms with van der Waals surface area (Å²) in [6.07, 6.45) is 98.7. The molecule has 1 heterocycles. The number of likely N-dealkylation sites (tertiary alicyclic amines) is 1. The van der Waals surface area contributed by atoms with Crippen LogP contribution in [0.2, 0.25) is 0 Å². The minimum Gasteiger partial charge on any atom is -0.374 e. The summed E-state index contributed by atoms with van der Waals surface area (Å²) in [5.74, 6) is 6.55. The standard InChI is InChI=1S/C90H118N2O/c1-3-61-32-36-63(37-33-61)64-38-47-72(48-39-64)92-87-31-19-16-28-81(87)82-58-66(42-57-88(82)92)65-40-45-71(46-41-65)91(73-49-55-79-77-26-14-17-29-83(77)89(85(79)59-73,67-20-8-5-9-21-67)68-22-10-6-11-23-68)74-50-56-80-78-27-15-18-30-84(78)90(86(80)60-74,69-24-12-7-13-25-69)70-43-53-76(54-44-70)93-75-51-34-62(4-2)35-52-75/h3-5,7-9,12,20,28,31-32,34,40,42-43,45,57,63-64,66-69,72-76,80,82,86,88H,1-2,6,10-11,13-19,21-27,29-30,33,35-39,41,44,46-56,58-60H2. The van der Waals surface area contributed by atoms with Gasteiger partial charge in [-0.15, -0.1) is 0 Å². The fourth-order valence-corrected chi connectivity index (χ4v) is 25.9. The van der Waals surface area contributed by atoms with Crippen LogP contribution in [0, 0.1) is 64.1 Å². The van der Waals surface area contributed by atoms with E-state index in [1.54, 1.807) is 22.5 Å². The lowest BCUT2D eigenvalue weighted by atomic mass is 9.52. The predicted octanol–water partition coefficient (Wildman–Crippen LogP) is 23.4. The molecular formula is C90H118N2O. The first-order chi connectivity index (χ1) is 46.0. The Kier molecular flexibility index (Phi) is 17.8. The minimum atomic E-state index is 0.209. The van der Waals surface area contributed by atoms with E-state index < -0.39 is 0 Å². The lowest BCUT2D eigenvalue weighted by Gasteiger charge is -2.55. The minimum absolute atomic E-state index is 0.209. The van der Waals surface area contributed by atoms with E-state index in [9.17, 15) is 0 Å². The summed E-state index contributed by atoms with van der Waals surface area (Å²) in [6.45, 7) is 8.22. The van der Waals surface area contributed by atoms with Crippen molar-refractivity contribution >= 4 is 0 Å². The van der Waals surface area contributed by atoms with Crippen LogP contribution in [0.25, 0.3) is 0 Å². The maximum Gasteiger partial charge on any atom is 0.0616 e. The number of hydrogen-bond donors (Lipinski definition) is 0. The third-order valence-electron chi connectivity index (χ3n) is 29.8. The van der Waals surface area contributed by atoms with Crippen LogP contribution in [0.3, 0.4) is 0 Å². The van der Waals surface area contributed by atoms with Crippen molar-refractivity contribution < 1.29 is 4.74 Å². The highest BCUT2D eigenvalue weighted by Gasteiger charge is 2.62. The maximum absolute atomic E-state index is 7.11. The van der Waals surface area contributed by atoms with Crippen molar-refractivity contribution in [2.45, 2.75) is 300 Å². The molecule has 0 aromatic rings. The van der Waals surface area contributed by atoms with Gasteiger partial charge in [-0.1, -0.05) is 174 Å². The van der Waals surface area contributed by atoms with Gasteiger partial charge in [0.2, 0.25) is 0 Å². The summed E-state index contributed by atoms with van der Waals surface area (Å²) in [5.41, 5.74) is 23.9. The normalized spacial score (nSPS) is 40.1. The zero-order valence-electron chi connectivity index (χ0n) is 57.7. The highest BCUT2D eigenvalue weighted by Crippen LogP contribution is 2.71. The molecule has 3 saturated carbocycles. The molecule has 0 bridgehead atoms. The van der Waals surface area contributed by atoms with Crippen LogP contribution in [0.5, 0.6) is 0 Å². The van der Waals surface area contributed by atoms with E-state index in [0.29, 0.717) is 60.0 Å². The summed E-state index contributed by atoms with van der Waals surface area (Å²) in [4.78, 5) is 6.36. The van der Waals surface area contributed by atoms with Gasteiger partial charge in [0.05, 0.1) is 18.2 Å². The van der Waals surface area contributed by atoms with Crippen LogP contribution >= 0.6 is 0 Å². The van der Waals surface area contributed by atoms with Gasteiger partial charge in [0.15, 0.2) is 0 Å². The highest BCUT2D eigenvalue weighted by molar-refractivity contribution is 5.58. The zero-order valence-corrected chi connectivity index (χ0v) is 57.7.